The lowest BCUT2D eigenvalue weighted by Crippen LogP contribution is -2.16. The van der Waals surface area contributed by atoms with Gasteiger partial charge in [0.2, 0.25) is 0 Å². The molecule has 154 valence electrons. The maximum absolute atomic E-state index is 12.5. The summed E-state index contributed by atoms with van der Waals surface area (Å²) in [6.07, 6.45) is 5.99. The zero-order valence-electron chi connectivity index (χ0n) is 16.6. The van der Waals surface area contributed by atoms with Gasteiger partial charge >= 0.3 is 0 Å². The molecule has 1 heterocycles. The van der Waals surface area contributed by atoms with Crippen LogP contribution < -0.4 is 16.8 Å². The fraction of sp³-hybridized carbons (Fsp3) is 0.0952. The Morgan fingerprint density at radius 2 is 2.03 bits per heavy atom. The highest BCUT2D eigenvalue weighted by Crippen LogP contribution is 2.17. The van der Waals surface area contributed by atoms with Crippen LogP contribution in [0.25, 0.3) is 6.08 Å². The molecule has 8 nitrogen and oxygen atoms in total. The smallest absolute Gasteiger partial charge is 0.289 e. The molecular weight excluding hydrogens is 400 g/mol. The van der Waals surface area contributed by atoms with E-state index in [4.69, 9.17) is 11.5 Å². The summed E-state index contributed by atoms with van der Waals surface area (Å²) in [7, 11) is 1.71. The molecule has 1 aromatic heterocycles. The van der Waals surface area contributed by atoms with Crippen LogP contribution in [-0.4, -0.2) is 21.6 Å². The van der Waals surface area contributed by atoms with E-state index in [-0.39, 0.29) is 17.2 Å². The van der Waals surface area contributed by atoms with Crippen molar-refractivity contribution in [3.05, 3.63) is 89.1 Å². The number of hydrogen-bond acceptors (Lipinski definition) is 6. The van der Waals surface area contributed by atoms with Crippen LogP contribution in [0.5, 0.6) is 0 Å². The molecule has 30 heavy (non-hydrogen) atoms. The Kier molecular flexibility index (Phi) is 7.54. The zero-order valence-corrected chi connectivity index (χ0v) is 17.4. The van der Waals surface area contributed by atoms with Crippen molar-refractivity contribution in [3.63, 3.8) is 0 Å². The monoisotopic (exact) mass is 422 g/mol. The maximum Gasteiger partial charge on any atom is 0.289 e. The predicted molar refractivity (Wildman–Crippen MR) is 120 cm³/mol. The van der Waals surface area contributed by atoms with E-state index in [0.717, 1.165) is 17.5 Å². The SMILES string of the molecule is C=C(N)C(/C=C\c1cccc(NC(=O)c2cc(C)nn2C)c1)=C\C(=C/N)C(=O)N=S. The van der Waals surface area contributed by atoms with Crippen LogP contribution in [0.1, 0.15) is 21.7 Å². The number of benzene rings is 1. The third-order valence-electron chi connectivity index (χ3n) is 4.03. The molecule has 0 aliphatic rings. The van der Waals surface area contributed by atoms with Gasteiger partial charge in [0.05, 0.1) is 11.3 Å². The summed E-state index contributed by atoms with van der Waals surface area (Å²) in [4.78, 5) is 24.1. The van der Waals surface area contributed by atoms with E-state index < -0.39 is 5.91 Å². The van der Waals surface area contributed by atoms with Crippen LogP contribution in [0.2, 0.25) is 0 Å². The van der Waals surface area contributed by atoms with Crippen molar-refractivity contribution in [2.45, 2.75) is 6.92 Å². The summed E-state index contributed by atoms with van der Waals surface area (Å²) >= 11 is 4.41. The van der Waals surface area contributed by atoms with Gasteiger partial charge in [-0.1, -0.05) is 30.9 Å². The molecule has 2 rings (SSSR count). The number of aromatic nitrogens is 2. The van der Waals surface area contributed by atoms with E-state index >= 15 is 0 Å². The topological polar surface area (TPSA) is 128 Å². The van der Waals surface area contributed by atoms with Crippen LogP contribution in [0.3, 0.4) is 0 Å². The van der Waals surface area contributed by atoms with Crippen LogP contribution in [-0.2, 0) is 24.3 Å². The second-order valence-electron chi connectivity index (χ2n) is 6.35. The largest absolute Gasteiger partial charge is 0.404 e. The molecule has 9 heteroatoms. The van der Waals surface area contributed by atoms with E-state index in [1.165, 1.54) is 10.8 Å². The number of aryl methyl sites for hydroxylation is 2. The zero-order chi connectivity index (χ0) is 22.3. The minimum atomic E-state index is -0.644. The van der Waals surface area contributed by atoms with Crippen molar-refractivity contribution < 1.29 is 9.59 Å². The van der Waals surface area contributed by atoms with Gasteiger partial charge in [0.15, 0.2) is 0 Å². The summed E-state index contributed by atoms with van der Waals surface area (Å²) in [6, 6.07) is 8.92. The molecule has 0 saturated carbocycles. The predicted octanol–water partition coefficient (Wildman–Crippen LogP) is 2.49. The lowest BCUT2D eigenvalue weighted by atomic mass is 10.1. The average Bonchev–Trinajstić information content (AvgIpc) is 3.05. The van der Waals surface area contributed by atoms with Gasteiger partial charge in [-0.25, -0.2) is 0 Å². The molecule has 0 aliphatic carbocycles. The van der Waals surface area contributed by atoms with E-state index in [1.807, 2.05) is 13.0 Å². The van der Waals surface area contributed by atoms with E-state index in [2.05, 4.69) is 33.8 Å². The normalized spacial score (nSPS) is 12.1. The Bertz CT molecular complexity index is 1090. The molecule has 0 bridgehead atoms. The first-order valence-corrected chi connectivity index (χ1v) is 9.17. The number of nitrogens with one attached hydrogen (secondary N) is 1. The quantitative estimate of drug-likeness (QED) is 0.464. The van der Waals surface area contributed by atoms with Crippen molar-refractivity contribution in [2.24, 2.45) is 22.9 Å². The minimum Gasteiger partial charge on any atom is -0.404 e. The Balaban J connectivity index is 2.24. The Morgan fingerprint density at radius 1 is 1.30 bits per heavy atom. The number of amides is 2. The number of allylic oxidation sites excluding steroid dienone is 1. The van der Waals surface area contributed by atoms with Gasteiger partial charge in [-0.3, -0.25) is 14.3 Å². The Labute approximate surface area is 179 Å². The Morgan fingerprint density at radius 3 is 2.60 bits per heavy atom. The van der Waals surface area contributed by atoms with E-state index in [9.17, 15) is 9.59 Å². The van der Waals surface area contributed by atoms with Crippen molar-refractivity contribution in [3.8, 4) is 0 Å². The van der Waals surface area contributed by atoms with Gasteiger partial charge in [0, 0.05) is 37.1 Å². The highest BCUT2D eigenvalue weighted by Gasteiger charge is 2.12. The summed E-state index contributed by atoms with van der Waals surface area (Å²) < 4.78 is 4.70. The highest BCUT2D eigenvalue weighted by molar-refractivity contribution is 7.47. The number of rotatable bonds is 7. The fourth-order valence-corrected chi connectivity index (χ4v) is 2.68. The van der Waals surface area contributed by atoms with Crippen LogP contribution in [0.15, 0.2) is 76.5 Å². The minimum absolute atomic E-state index is 0.101. The van der Waals surface area contributed by atoms with Crippen molar-refractivity contribution in [1.29, 1.82) is 0 Å². The van der Waals surface area contributed by atoms with Gasteiger partial charge in [-0.2, -0.15) is 5.10 Å². The second-order valence-corrected chi connectivity index (χ2v) is 6.53. The third kappa shape index (κ3) is 5.82. The number of carbonyl (C=O) groups excluding carboxylic acids is 2. The molecule has 0 radical (unpaired) electrons. The lowest BCUT2D eigenvalue weighted by molar-refractivity contribution is -0.113. The van der Waals surface area contributed by atoms with Crippen LogP contribution >= 0.6 is 0 Å². The van der Waals surface area contributed by atoms with Crippen LogP contribution in [0.4, 0.5) is 5.69 Å². The molecule has 5 N–H and O–H groups in total. The lowest BCUT2D eigenvalue weighted by Gasteiger charge is -2.06. The summed E-state index contributed by atoms with van der Waals surface area (Å²) in [5, 5.41) is 7.02. The van der Waals surface area contributed by atoms with Crippen molar-refractivity contribution in [2.75, 3.05) is 5.32 Å². The fourth-order valence-electron chi connectivity index (χ4n) is 2.57. The standard InChI is InChI=1S/C21H22N6O2S/c1-13-9-19(27(3)25-13)21(29)24-18-6-4-5-15(10-18)7-8-16(14(2)23)11-17(12-22)20(28)26-30/h4-12H,2,22-23H2,1,3H3,(H,24,29)/b8-7-,16-11-,17-12+. The summed E-state index contributed by atoms with van der Waals surface area (Å²) in [5.41, 5.74) is 14.7. The molecule has 1 aromatic carbocycles. The molecule has 0 spiro atoms. The summed E-state index contributed by atoms with van der Waals surface area (Å²) in [5.74, 6) is -0.909. The van der Waals surface area contributed by atoms with Gasteiger partial charge < -0.3 is 16.8 Å². The van der Waals surface area contributed by atoms with Crippen molar-refractivity contribution in [1.82, 2.24) is 9.78 Å². The van der Waals surface area contributed by atoms with Gasteiger partial charge in [0.25, 0.3) is 11.8 Å². The van der Waals surface area contributed by atoms with Gasteiger partial charge in [-0.15, -0.1) is 4.36 Å². The molecule has 0 fully saturated rings. The molecule has 0 saturated heterocycles. The molecule has 2 aromatic rings. The average molecular weight is 423 g/mol. The molecule has 0 unspecified atom stereocenters. The molecule has 0 atom stereocenters. The number of carbonyl (C=O) groups is 2. The first-order valence-electron chi connectivity index (χ1n) is 8.81. The number of anilines is 1. The first kappa shape index (κ1) is 22.4. The third-order valence-corrected chi connectivity index (χ3v) is 4.19. The summed E-state index contributed by atoms with van der Waals surface area (Å²) in [6.45, 7) is 5.52. The number of nitrogens with two attached hydrogens (primary N) is 2. The van der Waals surface area contributed by atoms with Crippen molar-refractivity contribution >= 4 is 36.0 Å². The van der Waals surface area contributed by atoms with E-state index in [0.29, 0.717) is 17.0 Å². The molecular formula is C21H22N6O2S. The van der Waals surface area contributed by atoms with Crippen LogP contribution in [0, 0.1) is 6.92 Å². The number of hydrogen-bond donors (Lipinski definition) is 3. The molecule has 2 amide bonds. The first-order chi connectivity index (χ1) is 14.2. The van der Waals surface area contributed by atoms with Gasteiger partial charge in [0.1, 0.15) is 5.69 Å². The van der Waals surface area contributed by atoms with Gasteiger partial charge in [-0.05, 0) is 42.3 Å². The number of nitrogens with zero attached hydrogens (tertiary/aromatic N) is 3. The highest BCUT2D eigenvalue weighted by atomic mass is 32.1. The molecule has 0 aliphatic heterocycles. The van der Waals surface area contributed by atoms with E-state index in [1.54, 1.807) is 43.5 Å². The second kappa shape index (κ2) is 10.1. The maximum atomic E-state index is 12.5. The Hall–Kier alpha value is -3.85.